The molecule has 0 aromatic carbocycles. The molecule has 0 unspecified atom stereocenters. The van der Waals surface area contributed by atoms with Crippen LogP contribution >= 0.6 is 11.6 Å². The quantitative estimate of drug-likeness (QED) is 0.854. The number of halogens is 2. The number of hydrogen-bond donors (Lipinski definition) is 1. The summed E-state index contributed by atoms with van der Waals surface area (Å²) in [5, 5.41) is 0.216. The first-order valence-corrected chi connectivity index (χ1v) is 5.17. The molecule has 0 aliphatic heterocycles. The molecule has 0 amide bonds. The van der Waals surface area contributed by atoms with E-state index in [1.54, 1.807) is 12.1 Å². The van der Waals surface area contributed by atoms with E-state index in [1.807, 2.05) is 0 Å². The zero-order valence-corrected chi connectivity index (χ0v) is 9.49. The van der Waals surface area contributed by atoms with Crippen molar-refractivity contribution >= 4 is 17.3 Å². The van der Waals surface area contributed by atoms with Crippen LogP contribution in [0.3, 0.4) is 0 Å². The number of hydrogen-bond acceptors (Lipinski definition) is 4. The maximum absolute atomic E-state index is 12.8. The molecule has 0 atom stereocenters. The fourth-order valence-corrected chi connectivity index (χ4v) is 1.40. The summed E-state index contributed by atoms with van der Waals surface area (Å²) >= 11 is 5.82. The van der Waals surface area contributed by atoms with Crippen LogP contribution in [0.25, 0.3) is 0 Å². The molecule has 0 saturated heterocycles. The number of pyridine rings is 2. The summed E-state index contributed by atoms with van der Waals surface area (Å²) in [6.07, 6.45) is 2.80. The van der Waals surface area contributed by atoms with Gasteiger partial charge in [0.25, 0.3) is 0 Å². The molecule has 4 nitrogen and oxygen atoms in total. The van der Waals surface area contributed by atoms with Crippen LogP contribution in [0.15, 0.2) is 30.6 Å². The van der Waals surface area contributed by atoms with Crippen molar-refractivity contribution in [3.63, 3.8) is 0 Å². The summed E-state index contributed by atoms with van der Waals surface area (Å²) in [6, 6.07) is 4.50. The van der Waals surface area contributed by atoms with Crippen molar-refractivity contribution < 1.29 is 9.13 Å². The average Bonchev–Trinajstić information content (AvgIpc) is 2.30. The summed E-state index contributed by atoms with van der Waals surface area (Å²) < 4.78 is 18.2. The van der Waals surface area contributed by atoms with E-state index in [2.05, 4.69) is 9.97 Å². The fraction of sp³-hybridized carbons (Fsp3) is 0.0909. The predicted octanol–water partition coefficient (Wildman–Crippen LogP) is 2.43. The minimum Gasteiger partial charge on any atom is -0.486 e. The van der Waals surface area contributed by atoms with E-state index in [4.69, 9.17) is 22.1 Å². The number of ether oxygens (including phenoxy) is 1. The first-order chi connectivity index (χ1) is 8.15. The summed E-state index contributed by atoms with van der Waals surface area (Å²) in [7, 11) is 0. The summed E-state index contributed by atoms with van der Waals surface area (Å²) in [5.41, 5.74) is 6.65. The molecule has 0 saturated carbocycles. The Labute approximate surface area is 102 Å². The number of nitrogen functional groups attached to an aromatic ring is 1. The van der Waals surface area contributed by atoms with E-state index in [0.29, 0.717) is 17.0 Å². The molecule has 6 heteroatoms. The maximum atomic E-state index is 12.8. The van der Waals surface area contributed by atoms with Crippen LogP contribution in [0.2, 0.25) is 5.15 Å². The SMILES string of the molecule is Nc1cnc(Cl)c(OCc2ccnc(F)c2)c1. The number of nitrogens with two attached hydrogens (primary N) is 1. The predicted molar refractivity (Wildman–Crippen MR) is 62.2 cm³/mol. The minimum atomic E-state index is -0.553. The minimum absolute atomic E-state index is 0.171. The molecule has 2 rings (SSSR count). The Balaban J connectivity index is 2.09. The molecule has 0 spiro atoms. The molecule has 88 valence electrons. The lowest BCUT2D eigenvalue weighted by Gasteiger charge is -2.07. The molecule has 0 aliphatic carbocycles. The van der Waals surface area contributed by atoms with Crippen LogP contribution in [-0.2, 0) is 6.61 Å². The van der Waals surface area contributed by atoms with Crippen molar-refractivity contribution in [3.8, 4) is 5.75 Å². The van der Waals surface area contributed by atoms with Crippen LogP contribution in [0.1, 0.15) is 5.56 Å². The highest BCUT2D eigenvalue weighted by Crippen LogP contribution is 2.24. The van der Waals surface area contributed by atoms with Gasteiger partial charge >= 0.3 is 0 Å². The number of aromatic nitrogens is 2. The first-order valence-electron chi connectivity index (χ1n) is 4.79. The van der Waals surface area contributed by atoms with Crippen molar-refractivity contribution in [3.05, 3.63) is 47.3 Å². The summed E-state index contributed by atoms with van der Waals surface area (Å²) in [4.78, 5) is 7.28. The van der Waals surface area contributed by atoms with Gasteiger partial charge in [-0.25, -0.2) is 9.97 Å². The second-order valence-corrected chi connectivity index (χ2v) is 3.69. The van der Waals surface area contributed by atoms with Crippen LogP contribution in [0.5, 0.6) is 5.75 Å². The Bertz CT molecular complexity index is 536. The number of anilines is 1. The molecule has 2 heterocycles. The Morgan fingerprint density at radius 3 is 2.94 bits per heavy atom. The Hall–Kier alpha value is -1.88. The van der Waals surface area contributed by atoms with E-state index in [9.17, 15) is 4.39 Å². The highest BCUT2D eigenvalue weighted by atomic mass is 35.5. The molecule has 0 aliphatic rings. The first kappa shape index (κ1) is 11.6. The van der Waals surface area contributed by atoms with E-state index in [1.165, 1.54) is 18.5 Å². The third-order valence-electron chi connectivity index (χ3n) is 2.01. The van der Waals surface area contributed by atoms with Crippen molar-refractivity contribution in [2.24, 2.45) is 0 Å². The lowest BCUT2D eigenvalue weighted by molar-refractivity contribution is 0.304. The molecule has 2 aromatic rings. The average molecular weight is 254 g/mol. The standard InChI is InChI=1S/C11H9ClFN3O/c12-11-9(4-8(14)5-16-11)17-6-7-1-2-15-10(13)3-7/h1-5H,6,14H2. The van der Waals surface area contributed by atoms with Crippen LogP contribution in [0.4, 0.5) is 10.1 Å². The van der Waals surface area contributed by atoms with Gasteiger partial charge in [0.05, 0.1) is 11.9 Å². The Morgan fingerprint density at radius 2 is 2.18 bits per heavy atom. The highest BCUT2D eigenvalue weighted by molar-refractivity contribution is 6.30. The largest absolute Gasteiger partial charge is 0.486 e. The number of nitrogens with zero attached hydrogens (tertiary/aromatic N) is 2. The van der Waals surface area contributed by atoms with Crippen molar-refractivity contribution in [1.82, 2.24) is 9.97 Å². The van der Waals surface area contributed by atoms with Gasteiger partial charge in [0.2, 0.25) is 5.95 Å². The maximum Gasteiger partial charge on any atom is 0.213 e. The lowest BCUT2D eigenvalue weighted by Crippen LogP contribution is -1.99. The molecule has 2 N–H and O–H groups in total. The second kappa shape index (κ2) is 4.97. The van der Waals surface area contributed by atoms with Gasteiger partial charge < -0.3 is 10.5 Å². The van der Waals surface area contributed by atoms with E-state index < -0.39 is 5.95 Å². The molecule has 17 heavy (non-hydrogen) atoms. The molecular weight excluding hydrogens is 245 g/mol. The lowest BCUT2D eigenvalue weighted by atomic mass is 10.3. The number of rotatable bonds is 3. The normalized spacial score (nSPS) is 10.2. The third-order valence-corrected chi connectivity index (χ3v) is 2.30. The molecule has 0 radical (unpaired) electrons. The monoisotopic (exact) mass is 253 g/mol. The molecular formula is C11H9ClFN3O. The third kappa shape index (κ3) is 3.04. The van der Waals surface area contributed by atoms with E-state index >= 15 is 0 Å². The second-order valence-electron chi connectivity index (χ2n) is 3.33. The molecule has 0 fully saturated rings. The smallest absolute Gasteiger partial charge is 0.213 e. The van der Waals surface area contributed by atoms with Crippen LogP contribution in [0, 0.1) is 5.95 Å². The fourth-order valence-electron chi connectivity index (χ4n) is 1.24. The van der Waals surface area contributed by atoms with Crippen molar-refractivity contribution in [2.45, 2.75) is 6.61 Å². The van der Waals surface area contributed by atoms with Gasteiger partial charge in [0, 0.05) is 12.3 Å². The van der Waals surface area contributed by atoms with Gasteiger partial charge in [0.1, 0.15) is 6.61 Å². The van der Waals surface area contributed by atoms with Crippen molar-refractivity contribution in [2.75, 3.05) is 5.73 Å². The molecule has 0 bridgehead atoms. The van der Waals surface area contributed by atoms with E-state index in [-0.39, 0.29) is 11.8 Å². The van der Waals surface area contributed by atoms with E-state index in [0.717, 1.165) is 0 Å². The highest BCUT2D eigenvalue weighted by Gasteiger charge is 2.04. The van der Waals surface area contributed by atoms with Crippen molar-refractivity contribution in [1.29, 1.82) is 0 Å². The van der Waals surface area contributed by atoms with Gasteiger partial charge in [-0.3, -0.25) is 0 Å². The summed E-state index contributed by atoms with van der Waals surface area (Å²) in [6.45, 7) is 0.171. The van der Waals surface area contributed by atoms with Crippen LogP contribution < -0.4 is 10.5 Å². The Kier molecular flexibility index (Phi) is 3.39. The zero-order valence-electron chi connectivity index (χ0n) is 8.73. The Morgan fingerprint density at radius 1 is 1.35 bits per heavy atom. The van der Waals surface area contributed by atoms with Gasteiger partial charge in [-0.1, -0.05) is 11.6 Å². The van der Waals surface area contributed by atoms with Gasteiger partial charge in [-0.2, -0.15) is 4.39 Å². The van der Waals surface area contributed by atoms with Gasteiger partial charge in [0.15, 0.2) is 10.9 Å². The van der Waals surface area contributed by atoms with Crippen LogP contribution in [-0.4, -0.2) is 9.97 Å². The topological polar surface area (TPSA) is 61.0 Å². The zero-order chi connectivity index (χ0) is 12.3. The van der Waals surface area contributed by atoms with Gasteiger partial charge in [-0.15, -0.1) is 0 Å². The van der Waals surface area contributed by atoms with Gasteiger partial charge in [-0.05, 0) is 17.7 Å². The molecule has 2 aromatic heterocycles. The summed E-state index contributed by atoms with van der Waals surface area (Å²) in [5.74, 6) is -0.188.